The van der Waals surface area contributed by atoms with Crippen molar-refractivity contribution in [1.82, 2.24) is 15.5 Å². The van der Waals surface area contributed by atoms with Gasteiger partial charge in [0.25, 0.3) is 0 Å². The highest BCUT2D eigenvalue weighted by Crippen LogP contribution is 2.33. The zero-order chi connectivity index (χ0) is 23.0. The van der Waals surface area contributed by atoms with Crippen LogP contribution in [0.1, 0.15) is 54.0 Å². The first-order chi connectivity index (χ1) is 16.1. The Morgan fingerprint density at radius 3 is 2.56 bits per heavy atom. The Labute approximate surface area is 220 Å². The van der Waals surface area contributed by atoms with E-state index < -0.39 is 0 Å². The van der Waals surface area contributed by atoms with Crippen LogP contribution in [0.3, 0.4) is 0 Å². The largest absolute Gasteiger partial charge is 0.373 e. The second kappa shape index (κ2) is 13.1. The van der Waals surface area contributed by atoms with E-state index in [0.717, 1.165) is 44.9 Å². The molecule has 0 bridgehead atoms. The number of ether oxygens (including phenoxy) is 1. The van der Waals surface area contributed by atoms with Crippen molar-refractivity contribution in [3.05, 3.63) is 70.8 Å². The first kappa shape index (κ1) is 26.5. The maximum absolute atomic E-state index is 12.1. The zero-order valence-electron chi connectivity index (χ0n) is 20.3. The quantitative estimate of drug-likeness (QED) is 0.288. The molecule has 2 fully saturated rings. The van der Waals surface area contributed by atoms with Crippen molar-refractivity contribution in [2.75, 3.05) is 26.7 Å². The molecule has 2 aliphatic rings. The molecule has 7 heteroatoms. The summed E-state index contributed by atoms with van der Waals surface area (Å²) >= 11 is 0. The minimum atomic E-state index is 0. The monoisotopic (exact) mass is 576 g/mol. The van der Waals surface area contributed by atoms with E-state index in [1.165, 1.54) is 22.3 Å². The SMILES string of the molecule is CN=C(NCc1ccccc1CN1CCCC1=O)NCC1CCCOC1c1ccc(C)cc1.I. The molecule has 6 nitrogen and oxygen atoms in total. The van der Waals surface area contributed by atoms with Gasteiger partial charge in [-0.2, -0.15) is 0 Å². The first-order valence-corrected chi connectivity index (χ1v) is 12.1. The molecule has 0 saturated carbocycles. The summed E-state index contributed by atoms with van der Waals surface area (Å²) in [6.07, 6.45) is 3.97. The van der Waals surface area contributed by atoms with Gasteiger partial charge in [0.2, 0.25) is 5.91 Å². The van der Waals surface area contributed by atoms with Crippen LogP contribution >= 0.6 is 24.0 Å². The smallest absolute Gasteiger partial charge is 0.222 e. The summed E-state index contributed by atoms with van der Waals surface area (Å²) in [5.41, 5.74) is 4.90. The highest BCUT2D eigenvalue weighted by molar-refractivity contribution is 14.0. The molecule has 1 amide bonds. The lowest BCUT2D eigenvalue weighted by molar-refractivity contribution is -0.128. The second-order valence-corrected chi connectivity index (χ2v) is 9.10. The molecule has 4 rings (SSSR count). The minimum Gasteiger partial charge on any atom is -0.373 e. The van der Waals surface area contributed by atoms with E-state index in [2.05, 4.69) is 58.9 Å². The van der Waals surface area contributed by atoms with Crippen LogP contribution in [0.15, 0.2) is 53.5 Å². The minimum absolute atomic E-state index is 0. The molecular formula is C27H37IN4O2. The third-order valence-corrected chi connectivity index (χ3v) is 6.70. The van der Waals surface area contributed by atoms with Crippen LogP contribution in [0.5, 0.6) is 0 Å². The normalized spacial score (nSPS) is 20.7. The number of benzene rings is 2. The number of hydrogen-bond donors (Lipinski definition) is 2. The van der Waals surface area contributed by atoms with Crippen molar-refractivity contribution in [2.24, 2.45) is 10.9 Å². The predicted octanol–water partition coefficient (Wildman–Crippen LogP) is 4.57. The number of likely N-dealkylation sites (tertiary alicyclic amines) is 1. The van der Waals surface area contributed by atoms with E-state index in [4.69, 9.17) is 4.74 Å². The number of carbonyl (C=O) groups excluding carboxylic acids is 1. The Hall–Kier alpha value is -2.13. The maximum atomic E-state index is 12.1. The van der Waals surface area contributed by atoms with Gasteiger partial charge < -0.3 is 20.3 Å². The highest BCUT2D eigenvalue weighted by atomic mass is 127. The second-order valence-electron chi connectivity index (χ2n) is 9.10. The van der Waals surface area contributed by atoms with E-state index in [0.29, 0.717) is 25.4 Å². The summed E-state index contributed by atoms with van der Waals surface area (Å²) in [6.45, 7) is 5.94. The van der Waals surface area contributed by atoms with E-state index in [9.17, 15) is 4.79 Å². The molecule has 2 atom stereocenters. The number of guanidine groups is 1. The number of carbonyl (C=O) groups is 1. The summed E-state index contributed by atoms with van der Waals surface area (Å²) in [5, 5.41) is 6.97. The first-order valence-electron chi connectivity index (χ1n) is 12.1. The van der Waals surface area contributed by atoms with Gasteiger partial charge in [-0.15, -0.1) is 24.0 Å². The number of rotatable bonds is 7. The van der Waals surface area contributed by atoms with Gasteiger partial charge in [-0.25, -0.2) is 0 Å². The molecule has 2 heterocycles. The van der Waals surface area contributed by atoms with Gasteiger partial charge in [0.1, 0.15) is 0 Å². The van der Waals surface area contributed by atoms with Gasteiger partial charge in [-0.3, -0.25) is 9.79 Å². The van der Waals surface area contributed by atoms with Gasteiger partial charge in [0.15, 0.2) is 5.96 Å². The van der Waals surface area contributed by atoms with Crippen LogP contribution in [0, 0.1) is 12.8 Å². The van der Waals surface area contributed by atoms with Crippen molar-refractivity contribution in [3.8, 4) is 0 Å². The van der Waals surface area contributed by atoms with Crippen molar-refractivity contribution in [1.29, 1.82) is 0 Å². The average Bonchev–Trinajstić information content (AvgIpc) is 3.25. The number of nitrogens with zero attached hydrogens (tertiary/aromatic N) is 2. The molecule has 0 aliphatic carbocycles. The molecule has 0 radical (unpaired) electrons. The highest BCUT2D eigenvalue weighted by Gasteiger charge is 2.27. The number of halogens is 1. The van der Waals surface area contributed by atoms with Crippen LogP contribution in [0.4, 0.5) is 0 Å². The van der Waals surface area contributed by atoms with Crippen molar-refractivity contribution >= 4 is 35.8 Å². The van der Waals surface area contributed by atoms with Gasteiger partial charge in [-0.05, 0) is 42.9 Å². The molecule has 34 heavy (non-hydrogen) atoms. The fourth-order valence-electron chi connectivity index (χ4n) is 4.77. The van der Waals surface area contributed by atoms with Crippen LogP contribution in [0.2, 0.25) is 0 Å². The topological polar surface area (TPSA) is 66.0 Å². The third-order valence-electron chi connectivity index (χ3n) is 6.70. The Morgan fingerprint density at radius 1 is 1.09 bits per heavy atom. The molecule has 2 aliphatic heterocycles. The summed E-state index contributed by atoms with van der Waals surface area (Å²) in [4.78, 5) is 18.4. The molecule has 2 saturated heterocycles. The van der Waals surface area contributed by atoms with Gasteiger partial charge in [0, 0.05) is 52.2 Å². The zero-order valence-corrected chi connectivity index (χ0v) is 22.6. The number of nitrogens with one attached hydrogen (secondary N) is 2. The molecule has 2 N–H and O–H groups in total. The summed E-state index contributed by atoms with van der Waals surface area (Å²) in [6, 6.07) is 17.0. The van der Waals surface area contributed by atoms with Crippen molar-refractivity contribution < 1.29 is 9.53 Å². The fourth-order valence-corrected chi connectivity index (χ4v) is 4.77. The molecule has 2 unspecified atom stereocenters. The number of amides is 1. The van der Waals surface area contributed by atoms with Gasteiger partial charge in [0.05, 0.1) is 6.10 Å². The van der Waals surface area contributed by atoms with Crippen LogP contribution in [0.25, 0.3) is 0 Å². The van der Waals surface area contributed by atoms with Gasteiger partial charge in [-0.1, -0.05) is 54.1 Å². The average molecular weight is 577 g/mol. The summed E-state index contributed by atoms with van der Waals surface area (Å²) < 4.78 is 6.17. The van der Waals surface area contributed by atoms with Crippen LogP contribution in [-0.2, 0) is 22.6 Å². The Kier molecular flexibility index (Phi) is 10.2. The van der Waals surface area contributed by atoms with E-state index in [-0.39, 0.29) is 36.0 Å². The van der Waals surface area contributed by atoms with E-state index in [1.807, 2.05) is 17.0 Å². The molecular weight excluding hydrogens is 539 g/mol. The standard InChI is InChI=1S/C27H36N4O2.HI/c1-20-11-13-21(14-12-20)26-23(9-6-16-33-26)18-30-27(28-2)29-17-22-7-3-4-8-24(22)19-31-15-5-10-25(31)32;/h3-4,7-8,11-14,23,26H,5-6,9-10,15-19H2,1-2H3,(H2,28,29,30);1H. The summed E-state index contributed by atoms with van der Waals surface area (Å²) in [5.74, 6) is 1.44. The molecule has 2 aromatic carbocycles. The van der Waals surface area contributed by atoms with E-state index in [1.54, 1.807) is 7.05 Å². The van der Waals surface area contributed by atoms with Crippen molar-refractivity contribution in [3.63, 3.8) is 0 Å². The van der Waals surface area contributed by atoms with Gasteiger partial charge >= 0.3 is 0 Å². The van der Waals surface area contributed by atoms with Crippen LogP contribution in [-0.4, -0.2) is 43.5 Å². The molecule has 0 spiro atoms. The maximum Gasteiger partial charge on any atom is 0.222 e. The Balaban J connectivity index is 0.00000324. The van der Waals surface area contributed by atoms with Crippen molar-refractivity contribution in [2.45, 2.75) is 51.8 Å². The number of hydrogen-bond acceptors (Lipinski definition) is 3. The van der Waals surface area contributed by atoms with Crippen LogP contribution < -0.4 is 10.6 Å². The molecule has 2 aromatic rings. The number of aliphatic imine (C=N–C) groups is 1. The lowest BCUT2D eigenvalue weighted by Gasteiger charge is -2.32. The number of aryl methyl sites for hydroxylation is 1. The third kappa shape index (κ3) is 6.95. The molecule has 184 valence electrons. The van der Waals surface area contributed by atoms with E-state index >= 15 is 0 Å². The lowest BCUT2D eigenvalue weighted by atomic mass is 9.89. The lowest BCUT2D eigenvalue weighted by Crippen LogP contribution is -2.41. The fraction of sp³-hybridized carbons (Fsp3) is 0.481. The predicted molar refractivity (Wildman–Crippen MR) is 147 cm³/mol. The Morgan fingerprint density at radius 2 is 1.85 bits per heavy atom. The molecule has 0 aromatic heterocycles. The Bertz CT molecular complexity index is 963. The summed E-state index contributed by atoms with van der Waals surface area (Å²) in [7, 11) is 1.80.